The van der Waals surface area contributed by atoms with Crippen LogP contribution in [0.25, 0.3) is 4.96 Å². The molecule has 1 aromatic carbocycles. The zero-order chi connectivity index (χ0) is 14.8. The van der Waals surface area contributed by atoms with Gasteiger partial charge in [-0.2, -0.15) is 4.98 Å². The summed E-state index contributed by atoms with van der Waals surface area (Å²) in [5.74, 6) is 1.19. The van der Waals surface area contributed by atoms with Crippen molar-refractivity contribution in [2.24, 2.45) is 5.73 Å². The molecular formula is C15H16ClN3OS. The fourth-order valence-electron chi connectivity index (χ4n) is 2.10. The van der Waals surface area contributed by atoms with Crippen LogP contribution in [0.2, 0.25) is 5.02 Å². The Hall–Kier alpha value is -1.56. The lowest BCUT2D eigenvalue weighted by molar-refractivity contribution is 0.455. The molecule has 3 rings (SSSR count). The van der Waals surface area contributed by atoms with Gasteiger partial charge in [0.1, 0.15) is 5.75 Å². The van der Waals surface area contributed by atoms with Gasteiger partial charge in [-0.3, -0.25) is 4.40 Å². The number of rotatable bonds is 5. The van der Waals surface area contributed by atoms with Gasteiger partial charge in [0.05, 0.1) is 10.7 Å². The molecule has 3 aromatic rings. The van der Waals surface area contributed by atoms with Crippen LogP contribution in [0.3, 0.4) is 0 Å². The molecule has 0 fully saturated rings. The molecule has 0 radical (unpaired) electrons. The minimum Gasteiger partial charge on any atom is -0.436 e. The Bertz CT molecular complexity index is 752. The minimum absolute atomic E-state index is 0.0818. The van der Waals surface area contributed by atoms with Crippen molar-refractivity contribution in [3.8, 4) is 11.6 Å². The Morgan fingerprint density at radius 2 is 2.24 bits per heavy atom. The molecule has 2 heterocycles. The summed E-state index contributed by atoms with van der Waals surface area (Å²) in [6.07, 6.45) is 3.61. The van der Waals surface area contributed by atoms with E-state index in [2.05, 4.69) is 11.9 Å². The van der Waals surface area contributed by atoms with Gasteiger partial charge >= 0.3 is 0 Å². The molecule has 4 nitrogen and oxygen atoms in total. The third-order valence-corrected chi connectivity index (χ3v) is 4.42. The number of para-hydroxylation sites is 1. The van der Waals surface area contributed by atoms with E-state index in [1.807, 2.05) is 34.2 Å². The van der Waals surface area contributed by atoms with Gasteiger partial charge in [-0.05, 0) is 18.6 Å². The first-order valence-electron chi connectivity index (χ1n) is 6.81. The number of imidazole rings is 1. The Morgan fingerprint density at radius 1 is 1.43 bits per heavy atom. The monoisotopic (exact) mass is 321 g/mol. The number of thiazole rings is 1. The van der Waals surface area contributed by atoms with Crippen molar-refractivity contribution in [3.05, 3.63) is 46.6 Å². The first-order valence-corrected chi connectivity index (χ1v) is 8.07. The van der Waals surface area contributed by atoms with Crippen molar-refractivity contribution in [2.75, 3.05) is 0 Å². The highest BCUT2D eigenvalue weighted by Crippen LogP contribution is 2.32. The second-order valence-electron chi connectivity index (χ2n) is 4.82. The highest BCUT2D eigenvalue weighted by atomic mass is 35.5. The zero-order valence-electron chi connectivity index (χ0n) is 11.6. The maximum absolute atomic E-state index is 6.15. The molecule has 0 saturated carbocycles. The number of fused-ring (bicyclic) bond motifs is 1. The molecule has 0 amide bonds. The Morgan fingerprint density at radius 3 is 3.00 bits per heavy atom. The molecule has 2 aromatic heterocycles. The standard InChI is InChI=1S/C15H16ClN3OS/c1-2-10(17)9-12-14(18-15-19(12)7-8-21-15)20-13-6-4-3-5-11(13)16/h3-8,10H,2,9,17H2,1H3. The van der Waals surface area contributed by atoms with Crippen molar-refractivity contribution in [1.29, 1.82) is 0 Å². The van der Waals surface area contributed by atoms with Crippen LogP contribution in [0.1, 0.15) is 19.0 Å². The minimum atomic E-state index is 0.0818. The number of aromatic nitrogens is 2. The van der Waals surface area contributed by atoms with Crippen molar-refractivity contribution in [3.63, 3.8) is 0 Å². The third-order valence-electron chi connectivity index (χ3n) is 3.35. The molecule has 1 atom stereocenters. The van der Waals surface area contributed by atoms with E-state index in [9.17, 15) is 0 Å². The number of benzene rings is 1. The van der Waals surface area contributed by atoms with Gasteiger partial charge in [0, 0.05) is 24.0 Å². The Balaban J connectivity index is 1.99. The van der Waals surface area contributed by atoms with Gasteiger partial charge < -0.3 is 10.5 Å². The molecule has 0 saturated heterocycles. The van der Waals surface area contributed by atoms with Gasteiger partial charge in [-0.25, -0.2) is 0 Å². The van der Waals surface area contributed by atoms with E-state index in [0.29, 0.717) is 23.1 Å². The molecule has 110 valence electrons. The normalized spacial score (nSPS) is 12.7. The fraction of sp³-hybridized carbons (Fsp3) is 0.267. The van der Waals surface area contributed by atoms with Crippen LogP contribution < -0.4 is 10.5 Å². The first kappa shape index (κ1) is 14.4. The summed E-state index contributed by atoms with van der Waals surface area (Å²) in [5.41, 5.74) is 7.08. The summed E-state index contributed by atoms with van der Waals surface area (Å²) >= 11 is 7.72. The van der Waals surface area contributed by atoms with E-state index in [1.54, 1.807) is 17.4 Å². The molecule has 2 N–H and O–H groups in total. The predicted octanol–water partition coefficient (Wildman–Crippen LogP) is 4.12. The molecule has 0 spiro atoms. The molecular weight excluding hydrogens is 306 g/mol. The number of halogens is 1. The average Bonchev–Trinajstić information content (AvgIpc) is 3.04. The van der Waals surface area contributed by atoms with Crippen LogP contribution in [0.5, 0.6) is 11.6 Å². The summed E-state index contributed by atoms with van der Waals surface area (Å²) in [6.45, 7) is 2.07. The van der Waals surface area contributed by atoms with Crippen LogP contribution in [-0.4, -0.2) is 15.4 Å². The lowest BCUT2D eigenvalue weighted by Gasteiger charge is -2.11. The molecule has 6 heteroatoms. The number of nitrogens with two attached hydrogens (primary N) is 1. The Kier molecular flexibility index (Phi) is 4.14. The molecule has 0 aliphatic rings. The number of hydrogen-bond acceptors (Lipinski definition) is 4. The van der Waals surface area contributed by atoms with Crippen molar-refractivity contribution < 1.29 is 4.74 Å². The summed E-state index contributed by atoms with van der Waals surface area (Å²) in [7, 11) is 0. The summed E-state index contributed by atoms with van der Waals surface area (Å²) in [6, 6.07) is 7.47. The summed E-state index contributed by atoms with van der Waals surface area (Å²) < 4.78 is 7.95. The summed E-state index contributed by atoms with van der Waals surface area (Å²) in [4.78, 5) is 5.44. The molecule has 21 heavy (non-hydrogen) atoms. The third kappa shape index (κ3) is 2.90. The van der Waals surface area contributed by atoms with Gasteiger partial charge in [0.15, 0.2) is 4.96 Å². The van der Waals surface area contributed by atoms with Crippen LogP contribution >= 0.6 is 22.9 Å². The summed E-state index contributed by atoms with van der Waals surface area (Å²) in [5, 5.41) is 2.57. The predicted molar refractivity (Wildman–Crippen MR) is 86.6 cm³/mol. The SMILES string of the molecule is CCC(N)Cc1c(Oc2ccccc2Cl)nc2sccn12. The van der Waals surface area contributed by atoms with Gasteiger partial charge in [-0.15, -0.1) is 11.3 Å². The van der Waals surface area contributed by atoms with Gasteiger partial charge in [0.2, 0.25) is 5.88 Å². The van der Waals surface area contributed by atoms with Crippen molar-refractivity contribution >= 4 is 27.9 Å². The smallest absolute Gasteiger partial charge is 0.242 e. The molecule has 0 aliphatic carbocycles. The number of hydrogen-bond donors (Lipinski definition) is 1. The Labute approximate surface area is 132 Å². The quantitative estimate of drug-likeness (QED) is 0.769. The highest BCUT2D eigenvalue weighted by Gasteiger charge is 2.18. The highest BCUT2D eigenvalue weighted by molar-refractivity contribution is 7.15. The average molecular weight is 322 g/mol. The van der Waals surface area contributed by atoms with Gasteiger partial charge in [-0.1, -0.05) is 30.7 Å². The lowest BCUT2D eigenvalue weighted by atomic mass is 10.1. The van der Waals surface area contributed by atoms with Crippen LogP contribution in [-0.2, 0) is 6.42 Å². The van der Waals surface area contributed by atoms with Crippen LogP contribution in [0.15, 0.2) is 35.8 Å². The molecule has 1 unspecified atom stereocenters. The molecule has 0 bridgehead atoms. The zero-order valence-corrected chi connectivity index (χ0v) is 13.2. The number of nitrogens with zero attached hydrogens (tertiary/aromatic N) is 2. The maximum atomic E-state index is 6.15. The van der Waals surface area contributed by atoms with Crippen molar-refractivity contribution in [2.45, 2.75) is 25.8 Å². The largest absolute Gasteiger partial charge is 0.436 e. The second kappa shape index (κ2) is 6.05. The lowest BCUT2D eigenvalue weighted by Crippen LogP contribution is -2.22. The van der Waals surface area contributed by atoms with Crippen LogP contribution in [0.4, 0.5) is 0 Å². The van der Waals surface area contributed by atoms with Crippen LogP contribution in [0, 0.1) is 0 Å². The van der Waals surface area contributed by atoms with Gasteiger partial charge in [0.25, 0.3) is 0 Å². The second-order valence-corrected chi connectivity index (χ2v) is 6.10. The number of ether oxygens (including phenoxy) is 1. The van der Waals surface area contributed by atoms with E-state index in [-0.39, 0.29) is 6.04 Å². The fourth-order valence-corrected chi connectivity index (χ4v) is 3.00. The first-order chi connectivity index (χ1) is 10.2. The van der Waals surface area contributed by atoms with E-state index in [1.165, 1.54) is 0 Å². The topological polar surface area (TPSA) is 52.5 Å². The van der Waals surface area contributed by atoms with E-state index in [0.717, 1.165) is 17.1 Å². The van der Waals surface area contributed by atoms with E-state index < -0.39 is 0 Å². The van der Waals surface area contributed by atoms with E-state index >= 15 is 0 Å². The maximum Gasteiger partial charge on any atom is 0.242 e. The van der Waals surface area contributed by atoms with E-state index in [4.69, 9.17) is 22.1 Å². The molecule has 0 aliphatic heterocycles. The van der Waals surface area contributed by atoms with Crippen molar-refractivity contribution in [1.82, 2.24) is 9.38 Å².